The zero-order valence-electron chi connectivity index (χ0n) is 11.4. The molecule has 1 fully saturated rings. The first kappa shape index (κ1) is 16.2. The number of alkyl halides is 4. The second-order valence-corrected chi connectivity index (χ2v) is 5.02. The lowest BCUT2D eigenvalue weighted by Gasteiger charge is -2.35. The molecule has 0 unspecified atom stereocenters. The molecular formula is C14H17F5N2. The van der Waals surface area contributed by atoms with Crippen LogP contribution in [0.4, 0.5) is 22.0 Å². The van der Waals surface area contributed by atoms with Gasteiger partial charge in [-0.1, -0.05) is 6.07 Å². The average Bonchev–Trinajstić information content (AvgIpc) is 2.44. The first-order valence-corrected chi connectivity index (χ1v) is 6.81. The van der Waals surface area contributed by atoms with E-state index in [9.17, 15) is 22.0 Å². The Balaban J connectivity index is 2.26. The molecule has 1 heterocycles. The summed E-state index contributed by atoms with van der Waals surface area (Å²) in [6.07, 6.45) is -4.57. The number of rotatable bonds is 4. The molecule has 1 N–H and O–H groups in total. The predicted molar refractivity (Wildman–Crippen MR) is 69.2 cm³/mol. The van der Waals surface area contributed by atoms with Crippen LogP contribution in [0.25, 0.3) is 0 Å². The lowest BCUT2D eigenvalue weighted by atomic mass is 9.99. The molecular weight excluding hydrogens is 291 g/mol. The Hall–Kier alpha value is -1.21. The van der Waals surface area contributed by atoms with E-state index in [2.05, 4.69) is 5.32 Å². The molecule has 1 aromatic carbocycles. The van der Waals surface area contributed by atoms with Crippen molar-refractivity contribution >= 4 is 0 Å². The van der Waals surface area contributed by atoms with Crippen LogP contribution in [0.3, 0.4) is 0 Å². The summed E-state index contributed by atoms with van der Waals surface area (Å²) >= 11 is 0. The second-order valence-electron chi connectivity index (χ2n) is 5.02. The minimum absolute atomic E-state index is 0.144. The van der Waals surface area contributed by atoms with Crippen LogP contribution < -0.4 is 5.32 Å². The van der Waals surface area contributed by atoms with Gasteiger partial charge in [0.05, 0.1) is 12.2 Å². The molecule has 2 nitrogen and oxygen atoms in total. The molecule has 118 valence electrons. The maximum atomic E-state index is 13.7. The van der Waals surface area contributed by atoms with Gasteiger partial charge in [0.25, 0.3) is 0 Å². The van der Waals surface area contributed by atoms with Crippen molar-refractivity contribution < 1.29 is 22.0 Å². The molecule has 21 heavy (non-hydrogen) atoms. The van der Waals surface area contributed by atoms with Crippen LogP contribution in [0, 0.1) is 5.82 Å². The van der Waals surface area contributed by atoms with E-state index in [-0.39, 0.29) is 6.42 Å². The Labute approximate surface area is 119 Å². The Bertz CT molecular complexity index is 469. The van der Waals surface area contributed by atoms with Crippen LogP contribution in [-0.2, 0) is 6.18 Å². The van der Waals surface area contributed by atoms with Gasteiger partial charge < -0.3 is 5.32 Å². The van der Waals surface area contributed by atoms with E-state index in [0.717, 1.165) is 25.2 Å². The fraction of sp³-hybridized carbons (Fsp3) is 0.571. The molecule has 0 radical (unpaired) electrons. The van der Waals surface area contributed by atoms with Crippen LogP contribution in [-0.4, -0.2) is 37.8 Å². The fourth-order valence-electron chi connectivity index (χ4n) is 2.63. The lowest BCUT2D eigenvalue weighted by molar-refractivity contribution is -0.140. The quantitative estimate of drug-likeness (QED) is 0.860. The first-order valence-electron chi connectivity index (χ1n) is 6.81. The number of nitrogens with one attached hydrogen (secondary N) is 1. The molecule has 0 bridgehead atoms. The Morgan fingerprint density at radius 2 is 1.86 bits per heavy atom. The molecule has 1 saturated heterocycles. The third-order valence-corrected chi connectivity index (χ3v) is 3.66. The molecule has 0 spiro atoms. The topological polar surface area (TPSA) is 15.3 Å². The van der Waals surface area contributed by atoms with Crippen LogP contribution in [0.5, 0.6) is 0 Å². The van der Waals surface area contributed by atoms with Gasteiger partial charge in [-0.05, 0) is 24.1 Å². The molecule has 0 amide bonds. The standard InChI is InChI=1S/C14H17F5N2/c15-4-3-13(21-7-5-20-6-8-21)10-1-2-11(12(16)9-10)14(17,18)19/h1-2,9,13,20H,3-8H2/t13-/m1/s1. The Morgan fingerprint density at radius 1 is 1.19 bits per heavy atom. The Morgan fingerprint density at radius 3 is 2.38 bits per heavy atom. The molecule has 7 heteroatoms. The van der Waals surface area contributed by atoms with Gasteiger partial charge in [0.1, 0.15) is 5.82 Å². The molecule has 1 aliphatic rings. The van der Waals surface area contributed by atoms with E-state index in [1.807, 2.05) is 4.90 Å². The van der Waals surface area contributed by atoms with Crippen molar-refractivity contribution in [1.82, 2.24) is 10.2 Å². The number of nitrogens with zero attached hydrogens (tertiary/aromatic N) is 1. The number of halogens is 5. The largest absolute Gasteiger partial charge is 0.419 e. The van der Waals surface area contributed by atoms with Gasteiger partial charge in [-0.2, -0.15) is 13.2 Å². The molecule has 2 rings (SSSR count). The summed E-state index contributed by atoms with van der Waals surface area (Å²) < 4.78 is 64.1. The first-order chi connectivity index (χ1) is 9.93. The number of hydrogen-bond donors (Lipinski definition) is 1. The minimum atomic E-state index is -4.72. The molecule has 0 aliphatic carbocycles. The van der Waals surface area contributed by atoms with Gasteiger partial charge in [0, 0.05) is 32.2 Å². The van der Waals surface area contributed by atoms with Crippen LogP contribution in [0.2, 0.25) is 0 Å². The monoisotopic (exact) mass is 308 g/mol. The summed E-state index contributed by atoms with van der Waals surface area (Å²) in [6.45, 7) is 2.18. The van der Waals surface area contributed by atoms with Crippen molar-refractivity contribution in [3.05, 3.63) is 35.1 Å². The highest BCUT2D eigenvalue weighted by atomic mass is 19.4. The highest BCUT2D eigenvalue weighted by molar-refractivity contribution is 5.28. The molecule has 0 saturated carbocycles. The zero-order chi connectivity index (χ0) is 15.5. The molecule has 1 aliphatic heterocycles. The second kappa shape index (κ2) is 6.70. The van der Waals surface area contributed by atoms with Crippen molar-refractivity contribution in [2.24, 2.45) is 0 Å². The van der Waals surface area contributed by atoms with Gasteiger partial charge in [-0.15, -0.1) is 0 Å². The summed E-state index contributed by atoms with van der Waals surface area (Å²) in [5, 5.41) is 3.15. The minimum Gasteiger partial charge on any atom is -0.314 e. The third kappa shape index (κ3) is 3.91. The summed E-state index contributed by atoms with van der Waals surface area (Å²) in [5.74, 6) is -1.31. The van der Waals surface area contributed by atoms with Gasteiger partial charge in [-0.3, -0.25) is 9.29 Å². The number of hydrogen-bond acceptors (Lipinski definition) is 2. The average molecular weight is 308 g/mol. The van der Waals surface area contributed by atoms with Gasteiger partial charge in [0.2, 0.25) is 0 Å². The third-order valence-electron chi connectivity index (χ3n) is 3.66. The van der Waals surface area contributed by atoms with Gasteiger partial charge in [-0.25, -0.2) is 4.39 Å². The van der Waals surface area contributed by atoms with Crippen LogP contribution >= 0.6 is 0 Å². The summed E-state index contributed by atoms with van der Waals surface area (Å²) in [5.41, 5.74) is -0.898. The van der Waals surface area contributed by atoms with E-state index in [4.69, 9.17) is 0 Å². The van der Waals surface area contributed by atoms with E-state index in [1.54, 1.807) is 0 Å². The van der Waals surface area contributed by atoms with E-state index in [0.29, 0.717) is 18.7 Å². The number of piperazine rings is 1. The summed E-state index contributed by atoms with van der Waals surface area (Å²) in [6, 6.07) is 2.46. The molecule has 0 aromatic heterocycles. The van der Waals surface area contributed by atoms with E-state index < -0.39 is 30.3 Å². The van der Waals surface area contributed by atoms with Crippen molar-refractivity contribution in [3.8, 4) is 0 Å². The number of benzene rings is 1. The zero-order valence-corrected chi connectivity index (χ0v) is 11.4. The van der Waals surface area contributed by atoms with Crippen LogP contribution in [0.1, 0.15) is 23.6 Å². The highest BCUT2D eigenvalue weighted by Crippen LogP contribution is 2.34. The van der Waals surface area contributed by atoms with Crippen molar-refractivity contribution in [3.63, 3.8) is 0 Å². The van der Waals surface area contributed by atoms with Crippen molar-refractivity contribution in [2.75, 3.05) is 32.9 Å². The van der Waals surface area contributed by atoms with Crippen molar-refractivity contribution in [2.45, 2.75) is 18.6 Å². The smallest absolute Gasteiger partial charge is 0.314 e. The van der Waals surface area contributed by atoms with E-state index in [1.165, 1.54) is 6.07 Å². The maximum Gasteiger partial charge on any atom is 0.419 e. The maximum absolute atomic E-state index is 13.7. The molecule has 1 aromatic rings. The van der Waals surface area contributed by atoms with Gasteiger partial charge >= 0.3 is 6.18 Å². The normalized spacial score (nSPS) is 18.7. The molecule has 1 atom stereocenters. The Kier molecular flexibility index (Phi) is 5.16. The predicted octanol–water partition coefficient (Wildman–Crippen LogP) is 3.15. The van der Waals surface area contributed by atoms with Crippen molar-refractivity contribution in [1.29, 1.82) is 0 Å². The summed E-state index contributed by atoms with van der Waals surface area (Å²) in [7, 11) is 0. The van der Waals surface area contributed by atoms with E-state index >= 15 is 0 Å². The lowest BCUT2D eigenvalue weighted by Crippen LogP contribution is -2.45. The highest BCUT2D eigenvalue weighted by Gasteiger charge is 2.34. The fourth-order valence-corrected chi connectivity index (χ4v) is 2.63. The van der Waals surface area contributed by atoms with Crippen LogP contribution in [0.15, 0.2) is 18.2 Å². The SMILES string of the molecule is FCC[C@H](c1ccc(C(F)(F)F)c(F)c1)N1CCNCC1. The summed E-state index contributed by atoms with van der Waals surface area (Å²) in [4.78, 5) is 1.97. The van der Waals surface area contributed by atoms with Gasteiger partial charge in [0.15, 0.2) is 0 Å².